The van der Waals surface area contributed by atoms with Gasteiger partial charge in [0.2, 0.25) is 5.91 Å². The predicted octanol–water partition coefficient (Wildman–Crippen LogP) is 0.740. The van der Waals surface area contributed by atoms with E-state index in [0.717, 1.165) is 13.1 Å². The van der Waals surface area contributed by atoms with Gasteiger partial charge in [0.25, 0.3) is 0 Å². The zero-order chi connectivity index (χ0) is 11.5. The van der Waals surface area contributed by atoms with E-state index in [4.69, 9.17) is 5.26 Å². The van der Waals surface area contributed by atoms with Crippen LogP contribution < -0.4 is 10.2 Å². The van der Waals surface area contributed by atoms with Crippen molar-refractivity contribution >= 4 is 11.6 Å². The number of nitrogens with zero attached hydrogens (tertiary/aromatic N) is 2. The van der Waals surface area contributed by atoms with Crippen molar-refractivity contribution in [2.45, 2.75) is 0 Å². The van der Waals surface area contributed by atoms with Crippen molar-refractivity contribution in [1.82, 2.24) is 5.32 Å². The van der Waals surface area contributed by atoms with Gasteiger partial charge in [-0.05, 0) is 12.1 Å². The first-order chi connectivity index (χ1) is 7.74. The molecule has 0 spiro atoms. The third-order valence-electron chi connectivity index (χ3n) is 2.85. The molecule has 82 valence electrons. The fraction of sp³-hybridized carbons (Fsp3) is 0.333. The molecule has 1 saturated heterocycles. The van der Waals surface area contributed by atoms with Crippen LogP contribution in [0.2, 0.25) is 0 Å². The molecule has 0 atom stereocenters. The highest BCUT2D eigenvalue weighted by Crippen LogP contribution is 2.20. The fourth-order valence-corrected chi connectivity index (χ4v) is 1.72. The Morgan fingerprint density at radius 1 is 1.50 bits per heavy atom. The number of hydrogen-bond acceptors (Lipinski definition) is 3. The van der Waals surface area contributed by atoms with Gasteiger partial charge < -0.3 is 10.2 Å². The van der Waals surface area contributed by atoms with Gasteiger partial charge in [0, 0.05) is 20.1 Å². The lowest BCUT2D eigenvalue weighted by Gasteiger charge is -2.30. The van der Waals surface area contributed by atoms with Crippen molar-refractivity contribution in [2.24, 2.45) is 5.92 Å². The van der Waals surface area contributed by atoms with Crippen molar-refractivity contribution in [3.05, 3.63) is 29.8 Å². The topological polar surface area (TPSA) is 56.1 Å². The number of anilines is 1. The first-order valence-corrected chi connectivity index (χ1v) is 5.21. The summed E-state index contributed by atoms with van der Waals surface area (Å²) in [6, 6.07) is 9.24. The minimum Gasteiger partial charge on any atom is -0.315 e. The van der Waals surface area contributed by atoms with Gasteiger partial charge in [0.15, 0.2) is 0 Å². The maximum absolute atomic E-state index is 12.0. The van der Waals surface area contributed by atoms with E-state index in [1.165, 1.54) is 0 Å². The van der Waals surface area contributed by atoms with Crippen LogP contribution in [0.5, 0.6) is 0 Å². The molecule has 0 bridgehead atoms. The molecule has 4 nitrogen and oxygen atoms in total. The SMILES string of the molecule is CN(C(=O)C1CNC1)c1ccccc1C#N. The zero-order valence-corrected chi connectivity index (χ0v) is 9.10. The molecule has 1 amide bonds. The smallest absolute Gasteiger partial charge is 0.232 e. The molecule has 1 heterocycles. The number of hydrogen-bond donors (Lipinski definition) is 1. The number of rotatable bonds is 2. The van der Waals surface area contributed by atoms with Gasteiger partial charge in [0.1, 0.15) is 6.07 Å². The van der Waals surface area contributed by atoms with Crippen LogP contribution in [0, 0.1) is 17.2 Å². The Bertz CT molecular complexity index is 446. The maximum atomic E-state index is 12.0. The molecule has 0 unspecified atom stereocenters. The molecule has 1 fully saturated rings. The zero-order valence-electron chi connectivity index (χ0n) is 9.10. The van der Waals surface area contributed by atoms with Crippen LogP contribution in [0.25, 0.3) is 0 Å². The lowest BCUT2D eigenvalue weighted by atomic mass is 10.0. The molecule has 0 aliphatic carbocycles. The molecule has 1 aromatic rings. The van der Waals surface area contributed by atoms with Crippen molar-refractivity contribution in [2.75, 3.05) is 25.0 Å². The summed E-state index contributed by atoms with van der Waals surface area (Å²) in [7, 11) is 1.72. The molecule has 1 N–H and O–H groups in total. The number of amides is 1. The Morgan fingerprint density at radius 2 is 2.19 bits per heavy atom. The van der Waals surface area contributed by atoms with Gasteiger partial charge in [-0.15, -0.1) is 0 Å². The summed E-state index contributed by atoms with van der Waals surface area (Å²) >= 11 is 0. The van der Waals surface area contributed by atoms with E-state index in [1.807, 2.05) is 6.07 Å². The Morgan fingerprint density at radius 3 is 2.75 bits per heavy atom. The molecular formula is C12H13N3O. The molecule has 1 aromatic carbocycles. The number of benzene rings is 1. The largest absolute Gasteiger partial charge is 0.315 e. The molecule has 4 heteroatoms. The summed E-state index contributed by atoms with van der Waals surface area (Å²) in [5.74, 6) is 0.123. The highest BCUT2D eigenvalue weighted by Gasteiger charge is 2.28. The van der Waals surface area contributed by atoms with Crippen LogP contribution in [0.3, 0.4) is 0 Å². The Kier molecular flexibility index (Phi) is 2.88. The average molecular weight is 215 g/mol. The summed E-state index contributed by atoms with van der Waals surface area (Å²) in [6.45, 7) is 1.47. The van der Waals surface area contributed by atoms with Gasteiger partial charge in [0.05, 0.1) is 17.2 Å². The summed E-state index contributed by atoms with van der Waals surface area (Å²) in [6.07, 6.45) is 0. The van der Waals surface area contributed by atoms with Crippen LogP contribution in [0.1, 0.15) is 5.56 Å². The number of nitriles is 1. The van der Waals surface area contributed by atoms with Crippen molar-refractivity contribution in [3.8, 4) is 6.07 Å². The summed E-state index contributed by atoms with van der Waals surface area (Å²) in [5.41, 5.74) is 1.22. The first kappa shape index (κ1) is 10.7. The van der Waals surface area contributed by atoms with Crippen molar-refractivity contribution < 1.29 is 4.79 Å². The number of carbonyl (C=O) groups is 1. The van der Waals surface area contributed by atoms with Crippen LogP contribution >= 0.6 is 0 Å². The van der Waals surface area contributed by atoms with E-state index in [9.17, 15) is 4.79 Å². The standard InChI is InChI=1S/C12H13N3O/c1-15(12(16)10-7-14-8-10)11-5-3-2-4-9(11)6-13/h2-5,10,14H,7-8H2,1H3. The third-order valence-corrected chi connectivity index (χ3v) is 2.85. The minimum absolute atomic E-state index is 0.0525. The van der Waals surface area contributed by atoms with Crippen LogP contribution in [0.15, 0.2) is 24.3 Å². The van der Waals surface area contributed by atoms with Crippen molar-refractivity contribution in [1.29, 1.82) is 5.26 Å². The van der Waals surface area contributed by atoms with E-state index in [0.29, 0.717) is 11.3 Å². The van der Waals surface area contributed by atoms with Crippen LogP contribution in [-0.4, -0.2) is 26.0 Å². The molecule has 16 heavy (non-hydrogen) atoms. The third kappa shape index (κ3) is 1.77. The second kappa shape index (κ2) is 4.33. The van der Waals surface area contributed by atoms with Gasteiger partial charge in [-0.1, -0.05) is 12.1 Å². The molecule has 1 aliphatic rings. The highest BCUT2D eigenvalue weighted by atomic mass is 16.2. The van der Waals surface area contributed by atoms with Gasteiger partial charge in [-0.3, -0.25) is 4.79 Å². The second-order valence-electron chi connectivity index (χ2n) is 3.88. The van der Waals surface area contributed by atoms with Crippen LogP contribution in [-0.2, 0) is 4.79 Å². The quantitative estimate of drug-likeness (QED) is 0.791. The monoisotopic (exact) mass is 215 g/mol. The van der Waals surface area contributed by atoms with Crippen LogP contribution in [0.4, 0.5) is 5.69 Å². The average Bonchev–Trinajstić information content (AvgIpc) is 2.25. The van der Waals surface area contributed by atoms with E-state index >= 15 is 0 Å². The lowest BCUT2D eigenvalue weighted by Crippen LogP contribution is -2.51. The summed E-state index contributed by atoms with van der Waals surface area (Å²) in [4.78, 5) is 13.5. The molecule has 0 saturated carbocycles. The predicted molar refractivity (Wildman–Crippen MR) is 60.9 cm³/mol. The summed E-state index contributed by atoms with van der Waals surface area (Å²) < 4.78 is 0. The maximum Gasteiger partial charge on any atom is 0.232 e. The molecule has 0 aromatic heterocycles. The number of para-hydroxylation sites is 1. The highest BCUT2D eigenvalue weighted by molar-refractivity contribution is 5.96. The normalized spacial score (nSPS) is 15.0. The first-order valence-electron chi connectivity index (χ1n) is 5.21. The molecule has 2 rings (SSSR count). The Balaban J connectivity index is 2.23. The molecule has 0 radical (unpaired) electrons. The van der Waals surface area contributed by atoms with Crippen molar-refractivity contribution in [3.63, 3.8) is 0 Å². The number of carbonyl (C=O) groups excluding carboxylic acids is 1. The lowest BCUT2D eigenvalue weighted by molar-refractivity contribution is -0.123. The second-order valence-corrected chi connectivity index (χ2v) is 3.88. The summed E-state index contributed by atoms with van der Waals surface area (Å²) in [5, 5.41) is 12.0. The molecular weight excluding hydrogens is 202 g/mol. The van der Waals surface area contributed by atoms with Gasteiger partial charge >= 0.3 is 0 Å². The van der Waals surface area contributed by atoms with Gasteiger partial charge in [-0.25, -0.2) is 0 Å². The van der Waals surface area contributed by atoms with E-state index in [1.54, 1.807) is 30.1 Å². The molecule has 1 aliphatic heterocycles. The number of nitrogens with one attached hydrogen (secondary N) is 1. The fourth-order valence-electron chi connectivity index (χ4n) is 1.72. The Hall–Kier alpha value is -1.86. The van der Waals surface area contributed by atoms with Gasteiger partial charge in [-0.2, -0.15) is 5.26 Å². The van der Waals surface area contributed by atoms with E-state index in [2.05, 4.69) is 11.4 Å². The van der Waals surface area contributed by atoms with E-state index in [-0.39, 0.29) is 11.8 Å². The minimum atomic E-state index is 0.0525. The Labute approximate surface area is 94.5 Å². The van der Waals surface area contributed by atoms with E-state index < -0.39 is 0 Å².